The summed E-state index contributed by atoms with van der Waals surface area (Å²) in [5.41, 5.74) is 1.24. The van der Waals surface area contributed by atoms with Crippen molar-refractivity contribution < 1.29 is 37.4 Å². The first kappa shape index (κ1) is 18.5. The van der Waals surface area contributed by atoms with Crippen LogP contribution in [0.2, 0.25) is 0 Å². The van der Waals surface area contributed by atoms with Gasteiger partial charge in [-0.25, -0.2) is 5.41 Å². The summed E-state index contributed by atoms with van der Waals surface area (Å²) in [7, 11) is 3.61. The predicted molar refractivity (Wildman–Crippen MR) is 66.5 cm³/mol. The first-order valence-electron chi connectivity index (χ1n) is 4.41. The second-order valence-corrected chi connectivity index (χ2v) is 3.14. The van der Waals surface area contributed by atoms with Crippen LogP contribution in [0.4, 0.5) is 0 Å². The molecule has 0 amide bonds. The number of rotatable bonds is 4. The van der Waals surface area contributed by atoms with Gasteiger partial charge in [-0.05, 0) is 24.7 Å². The maximum Gasteiger partial charge on any atom is 0.119 e. The number of nitrogens with one attached hydrogen (secondary N) is 2. The second-order valence-electron chi connectivity index (χ2n) is 2.64. The Balaban J connectivity index is 0. The van der Waals surface area contributed by atoms with Gasteiger partial charge in [-0.2, -0.15) is 0 Å². The summed E-state index contributed by atoms with van der Waals surface area (Å²) in [6.45, 7) is 5.56. The van der Waals surface area contributed by atoms with E-state index in [1.165, 1.54) is 11.0 Å². The summed E-state index contributed by atoms with van der Waals surface area (Å²) >= 11 is 0.759. The van der Waals surface area contributed by atoms with Crippen molar-refractivity contribution in [3.63, 3.8) is 0 Å². The Bertz CT molecular complexity index is 284. The fourth-order valence-corrected chi connectivity index (χ4v) is 0.987. The van der Waals surface area contributed by atoms with Gasteiger partial charge in [0.15, 0.2) is 0 Å². The van der Waals surface area contributed by atoms with Gasteiger partial charge in [-0.1, -0.05) is 12.1 Å². The zero-order valence-corrected chi connectivity index (χ0v) is 13.2. The fourth-order valence-electron chi connectivity index (χ4n) is 0.987. The molecule has 1 aromatic carbocycles. The number of ether oxygens (including phenoxy) is 1. The molecule has 0 saturated heterocycles. The third-order valence-corrected chi connectivity index (χ3v) is 1.72. The fraction of sp³-hybridized carbons (Fsp3) is 0.273. The smallest absolute Gasteiger partial charge is 0.119 e. The van der Waals surface area contributed by atoms with E-state index in [0.29, 0.717) is 0 Å². The van der Waals surface area contributed by atoms with Crippen molar-refractivity contribution in [1.82, 2.24) is 5.32 Å². The number of hydrogen-bond donors (Lipinski definition) is 1. The summed E-state index contributed by atoms with van der Waals surface area (Å²) in [4.78, 5) is 0. The molecule has 1 radical (unpaired) electrons. The van der Waals surface area contributed by atoms with E-state index in [4.69, 9.17) is 9.88 Å². The molecule has 0 saturated carbocycles. The quantitative estimate of drug-likeness (QED) is 0.686. The molecule has 0 bridgehead atoms. The summed E-state index contributed by atoms with van der Waals surface area (Å²) in [5.74, 6) is 0.915. The third kappa shape index (κ3) is 9.37. The Labute approximate surface area is 127 Å². The largest absolute Gasteiger partial charge is 0.620 e. The van der Waals surface area contributed by atoms with Crippen molar-refractivity contribution in [2.24, 2.45) is 0 Å². The minimum absolute atomic E-state index is 0. The molecule has 16 heavy (non-hydrogen) atoms. The van der Waals surface area contributed by atoms with E-state index in [1.54, 1.807) is 7.11 Å². The molecular weight excluding hydrogens is 297 g/mol. The van der Waals surface area contributed by atoms with Gasteiger partial charge >= 0.3 is 0 Å². The normalized spacial score (nSPS) is 8.19. The molecule has 0 spiro atoms. The van der Waals surface area contributed by atoms with Gasteiger partial charge in [-0.3, -0.25) is 0 Å². The molecule has 1 aromatic rings. The average Bonchev–Trinajstić information content (AvgIpc) is 2.30. The Morgan fingerprint density at radius 2 is 2.19 bits per heavy atom. The van der Waals surface area contributed by atoms with Crippen LogP contribution in [0.1, 0.15) is 5.56 Å². The topological polar surface area (TPSA) is 45.1 Å². The van der Waals surface area contributed by atoms with E-state index in [2.05, 4.69) is 18.0 Å². The molecule has 0 fully saturated rings. The molecule has 0 atom stereocenters. The molecule has 0 heterocycles. The van der Waals surface area contributed by atoms with Gasteiger partial charge in [0.1, 0.15) is 5.75 Å². The van der Waals surface area contributed by atoms with Crippen LogP contribution in [0.25, 0.3) is 5.14 Å². The van der Waals surface area contributed by atoms with Gasteiger partial charge < -0.3 is 33.7 Å². The number of hydrogen-bond acceptors (Lipinski definition) is 3. The summed E-state index contributed by atoms with van der Waals surface area (Å²) in [6.07, 6.45) is 0. The van der Waals surface area contributed by atoms with Crippen LogP contribution in [0.3, 0.4) is 0 Å². The van der Waals surface area contributed by atoms with Gasteiger partial charge in [0.05, 0.1) is 7.11 Å². The first-order valence-corrected chi connectivity index (χ1v) is 5.29. The zero-order valence-electron chi connectivity index (χ0n) is 9.57. The SMILES string of the molecule is CNCc1cccc(OC)c1.[CH-]=CS[NH-].[Y]. The van der Waals surface area contributed by atoms with Gasteiger partial charge in [-0.15, -0.1) is 0 Å². The molecule has 0 aliphatic rings. The van der Waals surface area contributed by atoms with Crippen LogP contribution in [0.15, 0.2) is 29.7 Å². The van der Waals surface area contributed by atoms with Crippen molar-refractivity contribution >= 4 is 11.9 Å². The van der Waals surface area contributed by atoms with Crippen molar-refractivity contribution in [3.8, 4) is 5.75 Å². The Hall–Kier alpha value is 0.134. The van der Waals surface area contributed by atoms with E-state index in [9.17, 15) is 0 Å². The minimum Gasteiger partial charge on any atom is -0.620 e. The molecule has 2 N–H and O–H groups in total. The van der Waals surface area contributed by atoms with Crippen LogP contribution in [0.5, 0.6) is 5.75 Å². The standard InChI is InChI=1S/C9H13NO.C2H3NS.Y/c1-10-7-8-4-3-5-9(6-8)11-2;1-2-4-3;/h3-6,10H,7H2,1-2H3;1-3H;/q;-2;. The molecule has 1 rings (SSSR count). The minimum atomic E-state index is 0. The van der Waals surface area contributed by atoms with E-state index in [-0.39, 0.29) is 32.7 Å². The second kappa shape index (κ2) is 13.2. The van der Waals surface area contributed by atoms with Crippen molar-refractivity contribution in [3.05, 3.63) is 47.0 Å². The summed E-state index contributed by atoms with van der Waals surface area (Å²) < 4.78 is 5.07. The van der Waals surface area contributed by atoms with E-state index >= 15 is 0 Å². The van der Waals surface area contributed by atoms with Crippen molar-refractivity contribution in [2.75, 3.05) is 14.2 Å². The summed E-state index contributed by atoms with van der Waals surface area (Å²) in [5, 5.41) is 10.5. The molecule has 0 aliphatic heterocycles. The zero-order chi connectivity index (χ0) is 11.5. The van der Waals surface area contributed by atoms with E-state index in [0.717, 1.165) is 24.2 Å². The Kier molecular flexibility index (Phi) is 15.3. The van der Waals surface area contributed by atoms with Crippen LogP contribution in [0, 0.1) is 6.58 Å². The molecule has 5 heteroatoms. The van der Waals surface area contributed by atoms with Gasteiger partial charge in [0.25, 0.3) is 0 Å². The molecule has 0 aliphatic carbocycles. The van der Waals surface area contributed by atoms with Crippen molar-refractivity contribution in [2.45, 2.75) is 6.54 Å². The third-order valence-electron chi connectivity index (χ3n) is 1.58. The maximum atomic E-state index is 6.19. The number of benzene rings is 1. The Morgan fingerprint density at radius 3 is 2.62 bits per heavy atom. The van der Waals surface area contributed by atoms with Gasteiger partial charge in [0.2, 0.25) is 0 Å². The predicted octanol–water partition coefficient (Wildman–Crippen LogP) is 3.05. The number of methoxy groups -OCH3 is 1. The van der Waals surface area contributed by atoms with Crippen LogP contribution in [-0.4, -0.2) is 14.2 Å². The molecule has 0 unspecified atom stereocenters. The first-order chi connectivity index (χ1) is 7.28. The Morgan fingerprint density at radius 1 is 1.56 bits per heavy atom. The van der Waals surface area contributed by atoms with Crippen LogP contribution >= 0.6 is 11.9 Å². The van der Waals surface area contributed by atoms with Gasteiger partial charge in [0, 0.05) is 39.3 Å². The van der Waals surface area contributed by atoms with Crippen molar-refractivity contribution in [1.29, 1.82) is 0 Å². The van der Waals surface area contributed by atoms with E-state index in [1.807, 2.05) is 25.2 Å². The molecule has 3 nitrogen and oxygen atoms in total. The molecule has 87 valence electrons. The summed E-state index contributed by atoms with van der Waals surface area (Å²) in [6, 6.07) is 8.03. The average molecular weight is 313 g/mol. The monoisotopic (exact) mass is 313 g/mol. The van der Waals surface area contributed by atoms with E-state index < -0.39 is 0 Å². The maximum absolute atomic E-state index is 6.19. The molecular formula is C11H16N2OSY-2. The van der Waals surface area contributed by atoms with Crippen LogP contribution in [-0.2, 0) is 39.3 Å². The van der Waals surface area contributed by atoms with Crippen LogP contribution < -0.4 is 10.1 Å². The molecule has 0 aromatic heterocycles.